The zero-order chi connectivity index (χ0) is 27.6. The molecule has 3 aromatic heterocycles. The van der Waals surface area contributed by atoms with Crippen LogP contribution in [0.5, 0.6) is 0 Å². The second-order valence-corrected chi connectivity index (χ2v) is 11.6. The summed E-state index contributed by atoms with van der Waals surface area (Å²) >= 11 is 1.76. The van der Waals surface area contributed by atoms with Crippen LogP contribution in [0.3, 0.4) is 0 Å². The number of para-hydroxylation sites is 2. The van der Waals surface area contributed by atoms with Gasteiger partial charge in [-0.2, -0.15) is 0 Å². The summed E-state index contributed by atoms with van der Waals surface area (Å²) in [4.78, 5) is 10.5. The van der Waals surface area contributed by atoms with E-state index in [4.69, 9.17) is 9.97 Å². The number of nitrogens with zero attached hydrogens (tertiary/aromatic N) is 3. The highest BCUT2D eigenvalue weighted by Crippen LogP contribution is 2.39. The Bertz CT molecular complexity index is 2460. The fourth-order valence-corrected chi connectivity index (χ4v) is 7.17. The quantitative estimate of drug-likeness (QED) is 0.218. The fourth-order valence-electron chi connectivity index (χ4n) is 6.38. The molecule has 0 saturated carbocycles. The van der Waals surface area contributed by atoms with Crippen LogP contribution in [0, 0.1) is 0 Å². The topological polar surface area (TPSA) is 30.7 Å². The van der Waals surface area contributed by atoms with Gasteiger partial charge in [-0.15, -0.1) is 11.3 Å². The van der Waals surface area contributed by atoms with E-state index in [0.29, 0.717) is 5.95 Å². The number of fused-ring (bicyclic) bond motifs is 7. The van der Waals surface area contributed by atoms with Gasteiger partial charge in [0, 0.05) is 31.8 Å². The van der Waals surface area contributed by atoms with Crippen molar-refractivity contribution in [3.05, 3.63) is 139 Å². The monoisotopic (exact) mass is 553 g/mol. The molecule has 0 aliphatic rings. The van der Waals surface area contributed by atoms with Crippen molar-refractivity contribution in [2.45, 2.75) is 0 Å². The number of aromatic nitrogens is 3. The van der Waals surface area contributed by atoms with Crippen LogP contribution in [0.1, 0.15) is 0 Å². The average Bonchev–Trinajstić information content (AvgIpc) is 3.67. The van der Waals surface area contributed by atoms with E-state index in [1.165, 1.54) is 42.8 Å². The molecule has 4 heteroatoms. The van der Waals surface area contributed by atoms with E-state index >= 15 is 0 Å². The Morgan fingerprint density at radius 1 is 0.500 bits per heavy atom. The molecule has 0 N–H and O–H groups in total. The Morgan fingerprint density at radius 3 is 2.14 bits per heavy atom. The van der Waals surface area contributed by atoms with Crippen LogP contribution in [0.15, 0.2) is 139 Å². The summed E-state index contributed by atoms with van der Waals surface area (Å²) in [5.74, 6) is 0.687. The molecule has 42 heavy (non-hydrogen) atoms. The molecule has 0 aliphatic heterocycles. The first-order chi connectivity index (χ1) is 20.8. The highest BCUT2D eigenvalue weighted by molar-refractivity contribution is 7.17. The normalized spacial score (nSPS) is 11.8. The van der Waals surface area contributed by atoms with Gasteiger partial charge in [-0.1, -0.05) is 109 Å². The lowest BCUT2D eigenvalue weighted by Crippen LogP contribution is -2.03. The van der Waals surface area contributed by atoms with Gasteiger partial charge in [-0.25, -0.2) is 9.97 Å². The van der Waals surface area contributed by atoms with E-state index in [0.717, 1.165) is 33.2 Å². The predicted octanol–water partition coefficient (Wildman–Crippen LogP) is 10.4. The van der Waals surface area contributed by atoms with Crippen molar-refractivity contribution in [1.29, 1.82) is 0 Å². The van der Waals surface area contributed by atoms with E-state index in [2.05, 4.69) is 143 Å². The molecule has 9 rings (SSSR count). The second kappa shape index (κ2) is 9.10. The van der Waals surface area contributed by atoms with Crippen LogP contribution in [-0.2, 0) is 0 Å². The zero-order valence-corrected chi connectivity index (χ0v) is 23.3. The summed E-state index contributed by atoms with van der Waals surface area (Å²) < 4.78 is 3.51. The van der Waals surface area contributed by atoms with E-state index in [1.807, 2.05) is 0 Å². The number of benzene rings is 6. The molecule has 6 aromatic carbocycles. The van der Waals surface area contributed by atoms with Crippen LogP contribution in [0.4, 0.5) is 0 Å². The molecule has 0 amide bonds. The molecule has 0 radical (unpaired) electrons. The second-order valence-electron chi connectivity index (χ2n) is 10.6. The van der Waals surface area contributed by atoms with Crippen molar-refractivity contribution < 1.29 is 0 Å². The first kappa shape index (κ1) is 23.4. The lowest BCUT2D eigenvalue weighted by atomic mass is 9.96. The predicted molar refractivity (Wildman–Crippen MR) is 178 cm³/mol. The summed E-state index contributed by atoms with van der Waals surface area (Å²) in [6.07, 6.45) is 0. The number of hydrogen-bond acceptors (Lipinski definition) is 3. The molecule has 196 valence electrons. The smallest absolute Gasteiger partial charge is 0.235 e. The number of rotatable bonds is 3. The maximum absolute atomic E-state index is 5.31. The zero-order valence-electron chi connectivity index (χ0n) is 22.5. The molecule has 0 aliphatic carbocycles. The Morgan fingerprint density at radius 2 is 1.24 bits per heavy atom. The average molecular weight is 554 g/mol. The lowest BCUT2D eigenvalue weighted by Gasteiger charge is -2.13. The van der Waals surface area contributed by atoms with Crippen LogP contribution in [0.2, 0.25) is 0 Å². The third-order valence-corrected chi connectivity index (χ3v) is 9.20. The van der Waals surface area contributed by atoms with Gasteiger partial charge in [-0.3, -0.25) is 4.57 Å². The van der Waals surface area contributed by atoms with E-state index in [9.17, 15) is 0 Å². The van der Waals surface area contributed by atoms with E-state index in [1.54, 1.807) is 11.3 Å². The summed E-state index contributed by atoms with van der Waals surface area (Å²) in [5, 5.41) is 9.36. The SMILES string of the molecule is c1ccc2c(-c3ccc(-c4nc(-n5c6ccccc6c6ccc7sccc7c65)nc5ccccc45)cc3)cccc2c1. The third-order valence-electron chi connectivity index (χ3n) is 8.32. The minimum absolute atomic E-state index is 0.687. The van der Waals surface area contributed by atoms with Crippen molar-refractivity contribution in [3.8, 4) is 28.3 Å². The molecule has 0 spiro atoms. The standard InChI is InChI=1S/C38H23N3S/c1-2-10-27-24(8-1)9-7-13-28(27)25-16-18-26(19-17-25)36-31-12-3-5-14-33(31)39-38(40-36)41-34-15-6-4-11-29(34)30-20-21-35-32(37(30)41)22-23-42-35/h1-23H. The minimum atomic E-state index is 0.687. The van der Waals surface area contributed by atoms with Gasteiger partial charge in [0.25, 0.3) is 0 Å². The highest BCUT2D eigenvalue weighted by atomic mass is 32.1. The van der Waals surface area contributed by atoms with Gasteiger partial charge in [0.05, 0.1) is 22.2 Å². The Balaban J connectivity index is 1.29. The van der Waals surface area contributed by atoms with E-state index in [-0.39, 0.29) is 0 Å². The number of thiophene rings is 1. The molecule has 0 fully saturated rings. The molecule has 3 heterocycles. The number of hydrogen-bond donors (Lipinski definition) is 0. The first-order valence-electron chi connectivity index (χ1n) is 14.1. The molecule has 3 nitrogen and oxygen atoms in total. The minimum Gasteiger partial charge on any atom is -0.277 e. The maximum atomic E-state index is 5.31. The van der Waals surface area contributed by atoms with Crippen molar-refractivity contribution in [2.24, 2.45) is 0 Å². The summed E-state index contributed by atoms with van der Waals surface area (Å²) in [5.41, 5.74) is 7.62. The molecule has 0 saturated heterocycles. The van der Waals surface area contributed by atoms with Crippen LogP contribution in [0.25, 0.3) is 81.9 Å². The van der Waals surface area contributed by atoms with Crippen molar-refractivity contribution in [2.75, 3.05) is 0 Å². The maximum Gasteiger partial charge on any atom is 0.235 e. The van der Waals surface area contributed by atoms with Crippen molar-refractivity contribution in [1.82, 2.24) is 14.5 Å². The van der Waals surface area contributed by atoms with Gasteiger partial charge in [0.1, 0.15) is 0 Å². The van der Waals surface area contributed by atoms with Crippen LogP contribution >= 0.6 is 11.3 Å². The van der Waals surface area contributed by atoms with Gasteiger partial charge < -0.3 is 0 Å². The Kier molecular flexibility index (Phi) is 5.07. The molecule has 0 bridgehead atoms. The van der Waals surface area contributed by atoms with E-state index < -0.39 is 0 Å². The Hall–Kier alpha value is -5.32. The Labute approximate surface area is 246 Å². The highest BCUT2D eigenvalue weighted by Gasteiger charge is 2.19. The van der Waals surface area contributed by atoms with Gasteiger partial charge in [0.2, 0.25) is 5.95 Å². The molecule has 0 atom stereocenters. The van der Waals surface area contributed by atoms with Crippen LogP contribution in [-0.4, -0.2) is 14.5 Å². The molecular weight excluding hydrogens is 531 g/mol. The van der Waals surface area contributed by atoms with Gasteiger partial charge >= 0.3 is 0 Å². The summed E-state index contributed by atoms with van der Waals surface area (Å²) in [6.45, 7) is 0. The first-order valence-corrected chi connectivity index (χ1v) is 15.0. The van der Waals surface area contributed by atoms with Crippen molar-refractivity contribution >= 4 is 64.9 Å². The summed E-state index contributed by atoms with van der Waals surface area (Å²) in [6, 6.07) is 47.4. The largest absolute Gasteiger partial charge is 0.277 e. The molecule has 0 unspecified atom stereocenters. The lowest BCUT2D eigenvalue weighted by molar-refractivity contribution is 1.02. The van der Waals surface area contributed by atoms with Crippen molar-refractivity contribution in [3.63, 3.8) is 0 Å². The fraction of sp³-hybridized carbons (Fsp3) is 0. The molecular formula is C38H23N3S. The van der Waals surface area contributed by atoms with Crippen LogP contribution < -0.4 is 0 Å². The van der Waals surface area contributed by atoms with Gasteiger partial charge in [0.15, 0.2) is 0 Å². The van der Waals surface area contributed by atoms with Gasteiger partial charge in [-0.05, 0) is 51.5 Å². The third kappa shape index (κ3) is 3.46. The summed E-state index contributed by atoms with van der Waals surface area (Å²) in [7, 11) is 0. The molecule has 9 aromatic rings.